The number of halogens is 3. The van der Waals surface area contributed by atoms with Gasteiger partial charge in [0, 0.05) is 49.8 Å². The lowest BCUT2D eigenvalue weighted by atomic mass is 9.93. The van der Waals surface area contributed by atoms with E-state index in [0.29, 0.717) is 42.9 Å². The zero-order chi connectivity index (χ0) is 25.4. The van der Waals surface area contributed by atoms with Crippen molar-refractivity contribution in [2.45, 2.75) is 19.2 Å². The highest BCUT2D eigenvalue weighted by Crippen LogP contribution is 2.37. The fourth-order valence-corrected chi connectivity index (χ4v) is 4.47. The molecule has 4 N–H and O–H groups in total. The average Bonchev–Trinajstić information content (AvgIpc) is 3.24. The maximum absolute atomic E-state index is 13.1. The van der Waals surface area contributed by atoms with Crippen LogP contribution in [0, 0.1) is 0 Å². The SMILES string of the molecule is C=Cn1nc(C(N)=O)c2c1-c1nc(Nc3cc(N4CCNCC4)ccc3OC(F)(F)F)ncc1CC2. The van der Waals surface area contributed by atoms with Gasteiger partial charge in [0.05, 0.1) is 17.1 Å². The number of rotatable bonds is 6. The van der Waals surface area contributed by atoms with Crippen molar-refractivity contribution in [3.63, 3.8) is 0 Å². The van der Waals surface area contributed by atoms with Gasteiger partial charge in [0.15, 0.2) is 11.4 Å². The lowest BCUT2D eigenvalue weighted by molar-refractivity contribution is -0.274. The van der Waals surface area contributed by atoms with Crippen LogP contribution in [0.1, 0.15) is 21.6 Å². The molecular formula is C23H23F3N8O2. The lowest BCUT2D eigenvalue weighted by Crippen LogP contribution is -2.43. The topological polar surface area (TPSA) is 123 Å². The van der Waals surface area contributed by atoms with Gasteiger partial charge in [-0.3, -0.25) is 4.79 Å². The molecule has 2 aromatic heterocycles. The van der Waals surface area contributed by atoms with Crippen molar-refractivity contribution in [3.05, 3.63) is 47.8 Å². The zero-order valence-electron chi connectivity index (χ0n) is 19.1. The molecule has 3 aromatic rings. The molecule has 1 aromatic carbocycles. The predicted molar refractivity (Wildman–Crippen MR) is 127 cm³/mol. The summed E-state index contributed by atoms with van der Waals surface area (Å²) in [6, 6.07) is 4.45. The van der Waals surface area contributed by atoms with Crippen molar-refractivity contribution in [2.24, 2.45) is 5.73 Å². The number of primary amides is 1. The van der Waals surface area contributed by atoms with Gasteiger partial charge in [0.25, 0.3) is 5.91 Å². The number of piperazine rings is 1. The quantitative estimate of drug-likeness (QED) is 0.472. The number of nitrogens with two attached hydrogens (primary N) is 1. The summed E-state index contributed by atoms with van der Waals surface area (Å²) in [5.74, 6) is -1.01. The zero-order valence-corrected chi connectivity index (χ0v) is 19.1. The van der Waals surface area contributed by atoms with Crippen LogP contribution in [0.3, 0.4) is 0 Å². The molecule has 36 heavy (non-hydrogen) atoms. The van der Waals surface area contributed by atoms with Crippen molar-refractivity contribution in [1.29, 1.82) is 0 Å². The average molecular weight is 500 g/mol. The molecule has 2 aliphatic rings. The van der Waals surface area contributed by atoms with Crippen LogP contribution < -0.4 is 26.0 Å². The number of anilines is 3. The summed E-state index contributed by atoms with van der Waals surface area (Å²) in [5, 5.41) is 10.4. The highest BCUT2D eigenvalue weighted by molar-refractivity contribution is 5.95. The largest absolute Gasteiger partial charge is 0.573 e. The fraction of sp³-hybridized carbons (Fsp3) is 0.304. The number of hydrogen-bond acceptors (Lipinski definition) is 8. The smallest absolute Gasteiger partial charge is 0.404 e. The van der Waals surface area contributed by atoms with E-state index < -0.39 is 18.0 Å². The van der Waals surface area contributed by atoms with E-state index in [0.717, 1.165) is 24.3 Å². The third-order valence-corrected chi connectivity index (χ3v) is 6.07. The Morgan fingerprint density at radius 1 is 1.25 bits per heavy atom. The number of aryl methyl sites for hydroxylation is 1. The fourth-order valence-electron chi connectivity index (χ4n) is 4.47. The van der Waals surface area contributed by atoms with E-state index in [1.807, 2.05) is 0 Å². The van der Waals surface area contributed by atoms with Crippen LogP contribution in [0.2, 0.25) is 0 Å². The molecule has 188 valence electrons. The molecule has 0 spiro atoms. The minimum Gasteiger partial charge on any atom is -0.404 e. The van der Waals surface area contributed by atoms with E-state index in [1.165, 1.54) is 16.9 Å². The Morgan fingerprint density at radius 2 is 2.03 bits per heavy atom. The second-order valence-electron chi connectivity index (χ2n) is 8.32. The molecule has 0 atom stereocenters. The molecule has 0 saturated carbocycles. The summed E-state index contributed by atoms with van der Waals surface area (Å²) < 4.78 is 45.0. The number of benzene rings is 1. The van der Waals surface area contributed by atoms with E-state index >= 15 is 0 Å². The molecule has 13 heteroatoms. The molecule has 5 rings (SSSR count). The Morgan fingerprint density at radius 3 is 2.72 bits per heavy atom. The van der Waals surface area contributed by atoms with Crippen molar-refractivity contribution >= 4 is 29.4 Å². The second kappa shape index (κ2) is 9.15. The minimum absolute atomic E-state index is 0.0588. The summed E-state index contributed by atoms with van der Waals surface area (Å²) in [7, 11) is 0. The van der Waals surface area contributed by atoms with E-state index in [1.54, 1.807) is 18.3 Å². The van der Waals surface area contributed by atoms with Crippen LogP contribution in [0.5, 0.6) is 5.75 Å². The number of nitrogens with one attached hydrogen (secondary N) is 2. The summed E-state index contributed by atoms with van der Waals surface area (Å²) in [6.07, 6.45) is -0.780. The summed E-state index contributed by atoms with van der Waals surface area (Å²) in [4.78, 5) is 22.8. The molecule has 1 aliphatic heterocycles. The molecule has 0 unspecified atom stereocenters. The van der Waals surface area contributed by atoms with Crippen LogP contribution >= 0.6 is 0 Å². The monoisotopic (exact) mass is 500 g/mol. The van der Waals surface area contributed by atoms with Crippen LogP contribution in [0.15, 0.2) is 31.0 Å². The summed E-state index contributed by atoms with van der Waals surface area (Å²) in [5.41, 5.74) is 8.91. The molecule has 1 fully saturated rings. The molecule has 0 radical (unpaired) electrons. The number of hydrogen-bond donors (Lipinski definition) is 3. The van der Waals surface area contributed by atoms with Gasteiger partial charge in [-0.15, -0.1) is 13.2 Å². The number of fused-ring (bicyclic) bond motifs is 3. The van der Waals surface area contributed by atoms with E-state index in [4.69, 9.17) is 5.73 Å². The van der Waals surface area contributed by atoms with Crippen LogP contribution in [-0.4, -0.2) is 58.2 Å². The van der Waals surface area contributed by atoms with Crippen LogP contribution in [-0.2, 0) is 12.8 Å². The first-order valence-electron chi connectivity index (χ1n) is 11.3. The third kappa shape index (κ3) is 4.56. The number of nitrogens with zero attached hydrogens (tertiary/aromatic N) is 5. The van der Waals surface area contributed by atoms with Gasteiger partial charge in [-0.1, -0.05) is 6.58 Å². The summed E-state index contributed by atoms with van der Waals surface area (Å²) >= 11 is 0. The normalized spacial score (nSPS) is 15.1. The highest BCUT2D eigenvalue weighted by Gasteiger charge is 2.33. The first-order valence-corrected chi connectivity index (χ1v) is 11.3. The Hall–Kier alpha value is -4.13. The molecular weight excluding hydrogens is 477 g/mol. The molecule has 1 saturated heterocycles. The van der Waals surface area contributed by atoms with Crippen molar-refractivity contribution in [1.82, 2.24) is 25.1 Å². The Bertz CT molecular complexity index is 1330. The molecule has 0 bridgehead atoms. The maximum atomic E-state index is 13.1. The number of alkyl halides is 3. The van der Waals surface area contributed by atoms with Gasteiger partial charge >= 0.3 is 6.36 Å². The van der Waals surface area contributed by atoms with Crippen molar-refractivity contribution in [3.8, 4) is 17.1 Å². The Labute approximate surface area is 204 Å². The number of aromatic nitrogens is 4. The minimum atomic E-state index is -4.87. The van der Waals surface area contributed by atoms with Crippen LogP contribution in [0.25, 0.3) is 17.6 Å². The van der Waals surface area contributed by atoms with E-state index in [2.05, 4.69) is 41.9 Å². The standard InChI is InChI=1S/C23H23F3N8O2/c1-2-34-20-15(19(32-34)21(27)35)5-3-13-12-29-22(31-18(13)20)30-16-11-14(33-9-7-28-8-10-33)4-6-17(16)36-23(24,25)26/h2,4,6,11-12,28H,1,3,5,7-10H2,(H2,27,35)(H,29,30,31). The highest BCUT2D eigenvalue weighted by atomic mass is 19.4. The number of carbonyl (C=O) groups excluding carboxylic acids is 1. The van der Waals surface area contributed by atoms with Gasteiger partial charge in [-0.2, -0.15) is 5.10 Å². The van der Waals surface area contributed by atoms with Gasteiger partial charge in [0.2, 0.25) is 5.95 Å². The van der Waals surface area contributed by atoms with Gasteiger partial charge in [-0.05, 0) is 36.6 Å². The first kappa shape index (κ1) is 23.6. The van der Waals surface area contributed by atoms with Gasteiger partial charge in [0.1, 0.15) is 0 Å². The van der Waals surface area contributed by atoms with Crippen molar-refractivity contribution in [2.75, 3.05) is 36.4 Å². The Kier molecular flexibility index (Phi) is 6.00. The number of ether oxygens (including phenoxy) is 1. The summed E-state index contributed by atoms with van der Waals surface area (Å²) in [6.45, 7) is 6.69. The van der Waals surface area contributed by atoms with E-state index in [9.17, 15) is 18.0 Å². The molecule has 3 heterocycles. The molecule has 1 aliphatic carbocycles. The van der Waals surface area contributed by atoms with Crippen LogP contribution in [0.4, 0.5) is 30.5 Å². The van der Waals surface area contributed by atoms with Crippen molar-refractivity contribution < 1.29 is 22.7 Å². The Balaban J connectivity index is 1.54. The number of amides is 1. The van der Waals surface area contributed by atoms with E-state index in [-0.39, 0.29) is 17.3 Å². The predicted octanol–water partition coefficient (Wildman–Crippen LogP) is 2.69. The van der Waals surface area contributed by atoms with Gasteiger partial charge < -0.3 is 26.0 Å². The number of carbonyl (C=O) groups is 1. The second-order valence-corrected chi connectivity index (χ2v) is 8.32. The lowest BCUT2D eigenvalue weighted by Gasteiger charge is -2.30. The van der Waals surface area contributed by atoms with Gasteiger partial charge in [-0.25, -0.2) is 14.6 Å². The maximum Gasteiger partial charge on any atom is 0.573 e. The third-order valence-electron chi connectivity index (χ3n) is 6.07. The molecule has 1 amide bonds. The first-order chi connectivity index (χ1) is 17.2. The molecule has 10 nitrogen and oxygen atoms in total.